The number of primary amides is 1. The topological polar surface area (TPSA) is 43.1 Å². The Morgan fingerprint density at radius 2 is 1.30 bits per heavy atom. The fourth-order valence-corrected chi connectivity index (χ4v) is 2.25. The summed E-state index contributed by atoms with van der Waals surface area (Å²) in [5, 5.41) is 0. The van der Waals surface area contributed by atoms with E-state index in [0.717, 1.165) is 6.42 Å². The molecular weight excluding hydrogens is 246 g/mol. The summed E-state index contributed by atoms with van der Waals surface area (Å²) in [4.78, 5) is 10.4. The Morgan fingerprint density at radius 1 is 0.800 bits per heavy atom. The normalized spacial score (nSPS) is 11.7. The third-order valence-electron chi connectivity index (χ3n) is 3.48. The first kappa shape index (κ1) is 18.9. The first-order chi connectivity index (χ1) is 9.77. The molecule has 0 aliphatic rings. The van der Waals surface area contributed by atoms with Crippen molar-refractivity contribution in [1.29, 1.82) is 0 Å². The summed E-state index contributed by atoms with van der Waals surface area (Å²) in [7, 11) is 0. The molecule has 0 radical (unpaired) electrons. The van der Waals surface area contributed by atoms with E-state index in [2.05, 4.69) is 13.0 Å². The zero-order chi connectivity index (χ0) is 14.9. The second kappa shape index (κ2) is 16.0. The summed E-state index contributed by atoms with van der Waals surface area (Å²) < 4.78 is 0. The van der Waals surface area contributed by atoms with Gasteiger partial charge < -0.3 is 5.73 Å². The summed E-state index contributed by atoms with van der Waals surface area (Å²) in [5.74, 6) is -0.385. The van der Waals surface area contributed by atoms with Gasteiger partial charge in [-0.1, -0.05) is 89.4 Å². The minimum absolute atomic E-state index is 0.385. The number of nitrogens with two attached hydrogens (primary N) is 1. The first-order valence-corrected chi connectivity index (χ1v) is 8.40. The van der Waals surface area contributed by atoms with Crippen molar-refractivity contribution in [3.63, 3.8) is 0 Å². The van der Waals surface area contributed by atoms with Crippen LogP contribution < -0.4 is 5.73 Å². The second-order valence-electron chi connectivity index (χ2n) is 5.51. The van der Waals surface area contributed by atoms with Gasteiger partial charge >= 0.3 is 0 Å². The molecule has 0 aliphatic carbocycles. The van der Waals surface area contributed by atoms with Crippen LogP contribution in [0.5, 0.6) is 0 Å². The van der Waals surface area contributed by atoms with Crippen molar-refractivity contribution in [3.8, 4) is 0 Å². The van der Waals surface area contributed by atoms with E-state index in [1.807, 2.05) is 6.08 Å². The van der Waals surface area contributed by atoms with Crippen molar-refractivity contribution in [3.05, 3.63) is 24.3 Å². The molecule has 0 aliphatic heterocycles. The number of hydrogen-bond acceptors (Lipinski definition) is 1. The smallest absolute Gasteiger partial charge is 0.241 e. The Morgan fingerprint density at radius 3 is 1.80 bits per heavy atom. The molecule has 0 aromatic rings. The molecule has 2 N–H and O–H groups in total. The van der Waals surface area contributed by atoms with Gasteiger partial charge in [0.25, 0.3) is 0 Å². The number of amides is 1. The maximum Gasteiger partial charge on any atom is 0.241 e. The van der Waals surface area contributed by atoms with Gasteiger partial charge in [0.2, 0.25) is 5.91 Å². The molecule has 0 bridgehead atoms. The summed E-state index contributed by atoms with van der Waals surface area (Å²) in [6.45, 7) is 2.27. The van der Waals surface area contributed by atoms with Crippen LogP contribution in [0.2, 0.25) is 0 Å². The van der Waals surface area contributed by atoms with Gasteiger partial charge in [0.05, 0.1) is 0 Å². The maximum atomic E-state index is 10.4. The standard InChI is InChI=1S/C18H33NO/c1-2-3-4-5-6-7-8-9-10-11-12-13-14-15-16-17-18(19)20/h14-17H,2-13H2,1H3,(H2,19,20)/b15-14+,17-16-. The molecular formula is C18H33NO. The summed E-state index contributed by atoms with van der Waals surface area (Å²) in [5.41, 5.74) is 4.99. The Balaban J connectivity index is 3.11. The summed E-state index contributed by atoms with van der Waals surface area (Å²) in [6, 6.07) is 0. The number of allylic oxidation sites excluding steroid dienone is 3. The van der Waals surface area contributed by atoms with Crippen LogP contribution in [0.1, 0.15) is 84.0 Å². The van der Waals surface area contributed by atoms with Crippen molar-refractivity contribution < 1.29 is 4.79 Å². The minimum atomic E-state index is -0.385. The highest BCUT2D eigenvalue weighted by molar-refractivity contribution is 5.85. The molecule has 0 unspecified atom stereocenters. The van der Waals surface area contributed by atoms with Crippen molar-refractivity contribution in [2.45, 2.75) is 84.0 Å². The van der Waals surface area contributed by atoms with Crippen LogP contribution in [0.25, 0.3) is 0 Å². The molecule has 0 fully saturated rings. The van der Waals surface area contributed by atoms with Crippen LogP contribution in [0.15, 0.2) is 24.3 Å². The number of unbranched alkanes of at least 4 members (excludes halogenated alkanes) is 11. The monoisotopic (exact) mass is 279 g/mol. The number of hydrogen-bond donors (Lipinski definition) is 1. The van der Waals surface area contributed by atoms with Gasteiger partial charge in [-0.15, -0.1) is 0 Å². The SMILES string of the molecule is CCCCCCCCCCCCC/C=C/C=C\C(N)=O. The molecule has 0 saturated heterocycles. The average molecular weight is 279 g/mol. The van der Waals surface area contributed by atoms with E-state index >= 15 is 0 Å². The van der Waals surface area contributed by atoms with E-state index in [1.165, 1.54) is 76.7 Å². The fourth-order valence-electron chi connectivity index (χ4n) is 2.25. The van der Waals surface area contributed by atoms with E-state index in [1.54, 1.807) is 6.08 Å². The largest absolute Gasteiger partial charge is 0.366 e. The van der Waals surface area contributed by atoms with E-state index in [-0.39, 0.29) is 5.91 Å². The number of rotatable bonds is 14. The van der Waals surface area contributed by atoms with Gasteiger partial charge in [-0.3, -0.25) is 4.79 Å². The highest BCUT2D eigenvalue weighted by Crippen LogP contribution is 2.11. The van der Waals surface area contributed by atoms with Crippen molar-refractivity contribution in [2.75, 3.05) is 0 Å². The molecule has 0 heterocycles. The maximum absolute atomic E-state index is 10.4. The predicted octanol–water partition coefficient (Wildman–Crippen LogP) is 5.29. The lowest BCUT2D eigenvalue weighted by atomic mass is 10.1. The van der Waals surface area contributed by atoms with E-state index < -0.39 is 0 Å². The Hall–Kier alpha value is -1.05. The van der Waals surface area contributed by atoms with Gasteiger partial charge in [0.15, 0.2) is 0 Å². The van der Waals surface area contributed by atoms with Crippen LogP contribution in [0, 0.1) is 0 Å². The lowest BCUT2D eigenvalue weighted by Gasteiger charge is -2.01. The van der Waals surface area contributed by atoms with Gasteiger partial charge in [-0.25, -0.2) is 0 Å². The lowest BCUT2D eigenvalue weighted by Crippen LogP contribution is -2.04. The van der Waals surface area contributed by atoms with Crippen LogP contribution in [0.3, 0.4) is 0 Å². The number of carbonyl (C=O) groups is 1. The van der Waals surface area contributed by atoms with Crippen LogP contribution >= 0.6 is 0 Å². The quantitative estimate of drug-likeness (QED) is 0.262. The van der Waals surface area contributed by atoms with Crippen molar-refractivity contribution in [1.82, 2.24) is 0 Å². The van der Waals surface area contributed by atoms with Gasteiger partial charge in [-0.05, 0) is 12.8 Å². The molecule has 2 heteroatoms. The Kier molecular flexibility index (Phi) is 15.2. The third-order valence-corrected chi connectivity index (χ3v) is 3.48. The predicted molar refractivity (Wildman–Crippen MR) is 88.6 cm³/mol. The van der Waals surface area contributed by atoms with Gasteiger partial charge in [-0.2, -0.15) is 0 Å². The molecule has 0 atom stereocenters. The minimum Gasteiger partial charge on any atom is -0.366 e. The fraction of sp³-hybridized carbons (Fsp3) is 0.722. The Bertz CT molecular complexity index is 269. The summed E-state index contributed by atoms with van der Waals surface area (Å²) >= 11 is 0. The van der Waals surface area contributed by atoms with Crippen molar-refractivity contribution >= 4 is 5.91 Å². The molecule has 1 amide bonds. The molecule has 116 valence electrons. The highest BCUT2D eigenvalue weighted by Gasteiger charge is 1.92. The first-order valence-electron chi connectivity index (χ1n) is 8.40. The zero-order valence-corrected chi connectivity index (χ0v) is 13.3. The van der Waals surface area contributed by atoms with Crippen LogP contribution in [-0.4, -0.2) is 5.91 Å². The van der Waals surface area contributed by atoms with E-state index in [4.69, 9.17) is 5.73 Å². The molecule has 0 rings (SSSR count). The van der Waals surface area contributed by atoms with Gasteiger partial charge in [0, 0.05) is 6.08 Å². The van der Waals surface area contributed by atoms with Crippen LogP contribution in [-0.2, 0) is 4.79 Å². The van der Waals surface area contributed by atoms with E-state index in [9.17, 15) is 4.79 Å². The van der Waals surface area contributed by atoms with Gasteiger partial charge in [0.1, 0.15) is 0 Å². The summed E-state index contributed by atoms with van der Waals surface area (Å²) in [6.07, 6.45) is 23.4. The van der Waals surface area contributed by atoms with Crippen LogP contribution in [0.4, 0.5) is 0 Å². The zero-order valence-electron chi connectivity index (χ0n) is 13.3. The number of carbonyl (C=O) groups excluding carboxylic acids is 1. The molecule has 0 aromatic heterocycles. The molecule has 0 saturated carbocycles. The van der Waals surface area contributed by atoms with E-state index in [0.29, 0.717) is 0 Å². The molecule has 20 heavy (non-hydrogen) atoms. The Labute approximate surface area is 125 Å². The lowest BCUT2D eigenvalue weighted by molar-refractivity contribution is -0.113. The molecule has 0 spiro atoms. The molecule has 0 aromatic carbocycles. The molecule has 2 nitrogen and oxygen atoms in total. The van der Waals surface area contributed by atoms with Crippen molar-refractivity contribution in [2.24, 2.45) is 5.73 Å². The average Bonchev–Trinajstić information content (AvgIpc) is 2.43. The highest BCUT2D eigenvalue weighted by atomic mass is 16.1. The third kappa shape index (κ3) is 16.9. The second-order valence-corrected chi connectivity index (χ2v) is 5.51.